The average molecular weight is 430 g/mol. The molecule has 0 atom stereocenters. The predicted molar refractivity (Wildman–Crippen MR) is 109 cm³/mol. The van der Waals surface area contributed by atoms with Crippen LogP contribution in [-0.4, -0.2) is 56.7 Å². The summed E-state index contributed by atoms with van der Waals surface area (Å²) in [5.74, 6) is -0.890. The van der Waals surface area contributed by atoms with Crippen LogP contribution in [0, 0.1) is 0 Å². The van der Waals surface area contributed by atoms with E-state index in [2.05, 4.69) is 0 Å². The fraction of sp³-hybridized carbons (Fsp3) is 0.273. The smallest absolute Gasteiger partial charge is 0.336 e. The van der Waals surface area contributed by atoms with E-state index in [0.717, 1.165) is 0 Å². The summed E-state index contributed by atoms with van der Waals surface area (Å²) in [7, 11) is 4.33. The van der Waals surface area contributed by atoms with Gasteiger partial charge in [0.1, 0.15) is 13.2 Å². The van der Waals surface area contributed by atoms with Crippen molar-refractivity contribution in [3.8, 4) is 28.7 Å². The van der Waals surface area contributed by atoms with Gasteiger partial charge in [-0.05, 0) is 35.4 Å². The Morgan fingerprint density at radius 1 is 0.871 bits per heavy atom. The van der Waals surface area contributed by atoms with Crippen molar-refractivity contribution >= 4 is 17.5 Å². The number of carboxylic acids is 2. The first-order valence-corrected chi connectivity index (χ1v) is 9.28. The molecule has 164 valence electrons. The Balaban J connectivity index is 2.12. The molecule has 0 spiro atoms. The molecule has 0 saturated heterocycles. The average Bonchev–Trinajstić information content (AvgIpc) is 2.77. The van der Waals surface area contributed by atoms with Crippen molar-refractivity contribution < 1.29 is 43.5 Å². The Hall–Kier alpha value is -3.88. The molecular weight excluding hydrogens is 408 g/mol. The van der Waals surface area contributed by atoms with E-state index in [-0.39, 0.29) is 23.1 Å². The van der Waals surface area contributed by atoms with E-state index >= 15 is 0 Å². The molecule has 1 aliphatic heterocycles. The predicted octanol–water partition coefficient (Wildman–Crippen LogP) is 2.65. The van der Waals surface area contributed by atoms with Gasteiger partial charge in [-0.3, -0.25) is 0 Å². The van der Waals surface area contributed by atoms with E-state index < -0.39 is 11.9 Å². The third-order valence-corrected chi connectivity index (χ3v) is 4.71. The van der Waals surface area contributed by atoms with Crippen LogP contribution in [-0.2, 0) is 16.0 Å². The van der Waals surface area contributed by atoms with Crippen LogP contribution < -0.4 is 23.7 Å². The number of benzene rings is 2. The van der Waals surface area contributed by atoms with Gasteiger partial charge in [0.2, 0.25) is 5.75 Å². The topological polar surface area (TPSA) is 121 Å². The van der Waals surface area contributed by atoms with Crippen LogP contribution in [0.1, 0.15) is 11.1 Å². The molecule has 0 fully saturated rings. The summed E-state index contributed by atoms with van der Waals surface area (Å²) in [5.41, 5.74) is 0.0152. The molecule has 0 unspecified atom stereocenters. The second-order valence-corrected chi connectivity index (χ2v) is 6.53. The Morgan fingerprint density at radius 3 is 2.00 bits per heavy atom. The fourth-order valence-corrected chi connectivity index (χ4v) is 3.34. The highest BCUT2D eigenvalue weighted by atomic mass is 16.6. The van der Waals surface area contributed by atoms with E-state index in [1.54, 1.807) is 18.2 Å². The lowest BCUT2D eigenvalue weighted by Gasteiger charge is -2.19. The lowest BCUT2D eigenvalue weighted by atomic mass is 9.94. The van der Waals surface area contributed by atoms with Crippen LogP contribution >= 0.6 is 0 Å². The first kappa shape index (κ1) is 21.8. The molecule has 9 nitrogen and oxygen atoms in total. The molecule has 0 saturated carbocycles. The first-order valence-electron chi connectivity index (χ1n) is 9.28. The maximum Gasteiger partial charge on any atom is 0.336 e. The van der Waals surface area contributed by atoms with Gasteiger partial charge in [0.25, 0.3) is 0 Å². The van der Waals surface area contributed by atoms with Crippen LogP contribution in [0.5, 0.6) is 28.7 Å². The lowest BCUT2D eigenvalue weighted by molar-refractivity contribution is -0.134. The van der Waals surface area contributed by atoms with Gasteiger partial charge >= 0.3 is 11.9 Å². The number of fused-ring (bicyclic) bond motifs is 1. The molecule has 0 amide bonds. The van der Waals surface area contributed by atoms with Crippen LogP contribution in [0.4, 0.5) is 0 Å². The lowest BCUT2D eigenvalue weighted by Crippen LogP contribution is -2.16. The third kappa shape index (κ3) is 4.50. The summed E-state index contributed by atoms with van der Waals surface area (Å²) in [4.78, 5) is 24.2. The number of hydrogen-bond donors (Lipinski definition) is 2. The zero-order valence-corrected chi connectivity index (χ0v) is 17.3. The minimum Gasteiger partial charge on any atom is -0.493 e. The number of carboxylic acid groups (broad SMARTS) is 2. The molecule has 0 aromatic heterocycles. The van der Waals surface area contributed by atoms with Crippen molar-refractivity contribution in [1.29, 1.82) is 0 Å². The van der Waals surface area contributed by atoms with Gasteiger partial charge in [-0.15, -0.1) is 0 Å². The maximum absolute atomic E-state index is 12.1. The molecule has 1 aliphatic rings. The highest BCUT2D eigenvalue weighted by molar-refractivity contribution is 6.22. The zero-order valence-electron chi connectivity index (χ0n) is 17.3. The molecule has 2 aromatic carbocycles. The van der Waals surface area contributed by atoms with E-state index in [1.165, 1.54) is 33.5 Å². The standard InChI is InChI=1S/C22H22O9/c1-27-17-9-12(10-18(28-2)20(17)29-3)8-14(21(23)24)19(22(25)26)13-4-5-15-16(11-13)31-7-6-30-15/h4-5,9-11H,6-8H2,1-3H3,(H,23,24)(H,25,26)/b19-14-. The van der Waals surface area contributed by atoms with Crippen LogP contribution in [0.3, 0.4) is 0 Å². The van der Waals surface area contributed by atoms with Gasteiger partial charge in [0.15, 0.2) is 23.0 Å². The molecule has 1 heterocycles. The molecule has 0 radical (unpaired) electrons. The summed E-state index contributed by atoms with van der Waals surface area (Å²) in [6, 6.07) is 7.68. The monoisotopic (exact) mass is 430 g/mol. The largest absolute Gasteiger partial charge is 0.493 e. The van der Waals surface area contributed by atoms with Crippen molar-refractivity contribution in [3.05, 3.63) is 47.0 Å². The van der Waals surface area contributed by atoms with E-state index in [0.29, 0.717) is 47.5 Å². The van der Waals surface area contributed by atoms with Crippen molar-refractivity contribution in [1.82, 2.24) is 0 Å². The third-order valence-electron chi connectivity index (χ3n) is 4.71. The normalized spacial score (nSPS) is 13.1. The Kier molecular flexibility index (Phi) is 6.54. The Morgan fingerprint density at radius 2 is 1.48 bits per heavy atom. The van der Waals surface area contributed by atoms with Gasteiger partial charge in [-0.2, -0.15) is 0 Å². The minimum atomic E-state index is -1.37. The van der Waals surface area contributed by atoms with Crippen LogP contribution in [0.25, 0.3) is 5.57 Å². The molecule has 0 aliphatic carbocycles. The van der Waals surface area contributed by atoms with Gasteiger partial charge in [0.05, 0.1) is 32.5 Å². The minimum absolute atomic E-state index is 0.192. The number of methoxy groups -OCH3 is 3. The van der Waals surface area contributed by atoms with E-state index in [9.17, 15) is 19.8 Å². The summed E-state index contributed by atoms with van der Waals surface area (Å²) >= 11 is 0. The maximum atomic E-state index is 12.1. The van der Waals surface area contributed by atoms with E-state index in [4.69, 9.17) is 23.7 Å². The van der Waals surface area contributed by atoms with Gasteiger partial charge in [0, 0.05) is 6.42 Å². The Labute approximate surface area is 178 Å². The Bertz CT molecular complexity index is 1010. The zero-order chi connectivity index (χ0) is 22.5. The highest BCUT2D eigenvalue weighted by Crippen LogP contribution is 2.39. The fourth-order valence-electron chi connectivity index (χ4n) is 3.34. The number of carbonyl (C=O) groups is 2. The molecule has 2 aromatic rings. The molecule has 0 bridgehead atoms. The van der Waals surface area contributed by atoms with Crippen LogP contribution in [0.15, 0.2) is 35.9 Å². The second kappa shape index (κ2) is 9.29. The summed E-state index contributed by atoms with van der Waals surface area (Å²) in [6.07, 6.45) is -0.192. The highest BCUT2D eigenvalue weighted by Gasteiger charge is 2.25. The first-order chi connectivity index (χ1) is 14.9. The number of ether oxygens (including phenoxy) is 5. The molecule has 2 N–H and O–H groups in total. The number of hydrogen-bond acceptors (Lipinski definition) is 7. The van der Waals surface area contributed by atoms with Crippen molar-refractivity contribution in [3.63, 3.8) is 0 Å². The second-order valence-electron chi connectivity index (χ2n) is 6.53. The number of aliphatic carboxylic acids is 2. The van der Waals surface area contributed by atoms with E-state index in [1.807, 2.05) is 0 Å². The van der Waals surface area contributed by atoms with Gasteiger partial charge < -0.3 is 33.9 Å². The van der Waals surface area contributed by atoms with Crippen molar-refractivity contribution in [2.24, 2.45) is 0 Å². The molecule has 31 heavy (non-hydrogen) atoms. The molecule has 3 rings (SSSR count). The molecular formula is C22H22O9. The molecule has 9 heteroatoms. The SMILES string of the molecule is COc1cc(C/C(C(=O)O)=C(/C(=O)O)c2ccc3c(c2)OCCO3)cc(OC)c1OC. The van der Waals surface area contributed by atoms with Crippen molar-refractivity contribution in [2.45, 2.75) is 6.42 Å². The van der Waals surface area contributed by atoms with Gasteiger partial charge in [-0.25, -0.2) is 9.59 Å². The summed E-state index contributed by atoms with van der Waals surface area (Å²) in [5, 5.41) is 19.7. The summed E-state index contributed by atoms with van der Waals surface area (Å²) in [6.45, 7) is 0.704. The number of rotatable bonds is 8. The quantitative estimate of drug-likeness (QED) is 0.609. The van der Waals surface area contributed by atoms with Crippen molar-refractivity contribution in [2.75, 3.05) is 34.5 Å². The van der Waals surface area contributed by atoms with Crippen LogP contribution in [0.2, 0.25) is 0 Å². The van der Waals surface area contributed by atoms with Gasteiger partial charge in [-0.1, -0.05) is 6.07 Å². The summed E-state index contributed by atoms with van der Waals surface area (Å²) < 4.78 is 26.8.